The van der Waals surface area contributed by atoms with Gasteiger partial charge >= 0.3 is 0 Å². The van der Waals surface area contributed by atoms with Crippen LogP contribution in [0.15, 0.2) is 24.3 Å². The predicted octanol–water partition coefficient (Wildman–Crippen LogP) is 0.764. The van der Waals surface area contributed by atoms with Gasteiger partial charge in [0.05, 0.1) is 22.7 Å². The molecule has 132 valence electrons. The topological polar surface area (TPSA) is 77.9 Å². The molecule has 1 aromatic rings. The molecule has 2 aliphatic rings. The Balaban J connectivity index is 1.84. The zero-order chi connectivity index (χ0) is 17.5. The van der Waals surface area contributed by atoms with Gasteiger partial charge in [0, 0.05) is 37.8 Å². The van der Waals surface area contributed by atoms with Crippen molar-refractivity contribution in [2.45, 2.75) is 19.4 Å². The highest BCUT2D eigenvalue weighted by molar-refractivity contribution is 7.91. The highest BCUT2D eigenvalue weighted by Crippen LogP contribution is 2.30. The molecule has 24 heavy (non-hydrogen) atoms. The smallest absolute Gasteiger partial charge is 0.256 e. The average molecular weight is 352 g/mol. The molecule has 2 heterocycles. The fourth-order valence-corrected chi connectivity index (χ4v) is 4.54. The maximum Gasteiger partial charge on any atom is 0.256 e. The molecule has 0 radical (unpaired) electrons. The summed E-state index contributed by atoms with van der Waals surface area (Å²) in [6, 6.07) is 7.31. The maximum absolute atomic E-state index is 12.9. The van der Waals surface area contributed by atoms with Crippen molar-refractivity contribution >= 4 is 21.4 Å². The molecule has 2 saturated heterocycles. The number of rotatable bonds is 2. The number of carbonyl (C=O) groups excluding carboxylic acids is 1. The van der Waals surface area contributed by atoms with Gasteiger partial charge in [0.2, 0.25) is 0 Å². The van der Waals surface area contributed by atoms with E-state index in [1.165, 1.54) is 0 Å². The van der Waals surface area contributed by atoms with Crippen LogP contribution in [-0.2, 0) is 9.84 Å². The lowest BCUT2D eigenvalue weighted by Gasteiger charge is -2.31. The summed E-state index contributed by atoms with van der Waals surface area (Å²) < 4.78 is 23.3. The molecule has 0 spiro atoms. The molecule has 2 atom stereocenters. The molecule has 0 aliphatic carbocycles. The lowest BCUT2D eigenvalue weighted by molar-refractivity contribution is 0.0351. The van der Waals surface area contributed by atoms with Crippen LogP contribution in [-0.4, -0.2) is 67.6 Å². The Morgan fingerprint density at radius 1 is 1.25 bits per heavy atom. The lowest BCUT2D eigenvalue weighted by Crippen LogP contribution is -2.41. The quantitative estimate of drug-likeness (QED) is 0.850. The number of sulfone groups is 1. The molecule has 1 aromatic carbocycles. The molecule has 0 unspecified atom stereocenters. The van der Waals surface area contributed by atoms with Crippen molar-refractivity contribution in [1.29, 1.82) is 0 Å². The Bertz CT molecular complexity index is 731. The van der Waals surface area contributed by atoms with Crippen molar-refractivity contribution in [1.82, 2.24) is 4.90 Å². The van der Waals surface area contributed by atoms with Crippen molar-refractivity contribution in [2.24, 2.45) is 5.92 Å². The fourth-order valence-electron chi connectivity index (χ4n) is 3.34. The molecular formula is C17H24N2O4S. The van der Waals surface area contributed by atoms with Crippen molar-refractivity contribution < 1.29 is 18.3 Å². The van der Waals surface area contributed by atoms with E-state index in [2.05, 4.69) is 0 Å². The molecule has 0 bridgehead atoms. The Morgan fingerprint density at radius 2 is 1.88 bits per heavy atom. The predicted molar refractivity (Wildman–Crippen MR) is 93.0 cm³/mol. The zero-order valence-electron chi connectivity index (χ0n) is 14.1. The molecular weight excluding hydrogens is 328 g/mol. The van der Waals surface area contributed by atoms with Crippen LogP contribution in [0.3, 0.4) is 0 Å². The van der Waals surface area contributed by atoms with Crippen LogP contribution in [0.2, 0.25) is 0 Å². The number of hydrogen-bond acceptors (Lipinski definition) is 5. The minimum atomic E-state index is -2.97. The number of hydrogen-bond donors (Lipinski definition) is 1. The normalized spacial score (nSPS) is 29.7. The highest BCUT2D eigenvalue weighted by Gasteiger charge is 2.41. The van der Waals surface area contributed by atoms with Gasteiger partial charge < -0.3 is 14.9 Å². The zero-order valence-corrected chi connectivity index (χ0v) is 14.9. The second-order valence-corrected chi connectivity index (χ2v) is 9.40. The number of aliphatic hydroxyl groups is 1. The number of amides is 1. The van der Waals surface area contributed by atoms with Crippen LogP contribution in [0.5, 0.6) is 0 Å². The van der Waals surface area contributed by atoms with E-state index in [1.807, 2.05) is 30.0 Å². The standard InChI is InChI=1S/C17H24N2O4S/c1-13-11-19(12-17(13,2)21)16(20)14-5-3-4-6-15(14)18-7-9-24(22,23)10-8-18/h3-6,13,21H,7-12H2,1-2H3/t13-,17+/m1/s1. The van der Waals surface area contributed by atoms with Crippen molar-refractivity contribution in [3.63, 3.8) is 0 Å². The van der Waals surface area contributed by atoms with Gasteiger partial charge in [-0.3, -0.25) is 4.79 Å². The molecule has 3 rings (SSSR count). The van der Waals surface area contributed by atoms with Crippen LogP contribution in [0, 0.1) is 5.92 Å². The molecule has 0 saturated carbocycles. The minimum Gasteiger partial charge on any atom is -0.388 e. The average Bonchev–Trinajstić information content (AvgIpc) is 2.80. The molecule has 7 heteroatoms. The summed E-state index contributed by atoms with van der Waals surface area (Å²) in [5.41, 5.74) is 0.474. The first-order valence-corrected chi connectivity index (χ1v) is 10.1. The van der Waals surface area contributed by atoms with Gasteiger partial charge in [-0.2, -0.15) is 0 Å². The van der Waals surface area contributed by atoms with Crippen LogP contribution < -0.4 is 4.90 Å². The van der Waals surface area contributed by atoms with E-state index in [0.717, 1.165) is 5.69 Å². The number of anilines is 1. The number of para-hydroxylation sites is 1. The van der Waals surface area contributed by atoms with E-state index in [-0.39, 0.29) is 23.3 Å². The highest BCUT2D eigenvalue weighted by atomic mass is 32.2. The number of carbonyl (C=O) groups is 1. The Morgan fingerprint density at radius 3 is 2.46 bits per heavy atom. The van der Waals surface area contributed by atoms with Crippen LogP contribution >= 0.6 is 0 Å². The van der Waals surface area contributed by atoms with Gasteiger partial charge in [-0.15, -0.1) is 0 Å². The molecule has 1 N–H and O–H groups in total. The van der Waals surface area contributed by atoms with E-state index in [0.29, 0.717) is 31.7 Å². The van der Waals surface area contributed by atoms with Crippen molar-refractivity contribution in [2.75, 3.05) is 42.6 Å². The van der Waals surface area contributed by atoms with E-state index < -0.39 is 15.4 Å². The SMILES string of the molecule is C[C@@H]1CN(C(=O)c2ccccc2N2CCS(=O)(=O)CC2)C[C@]1(C)O. The fraction of sp³-hybridized carbons (Fsp3) is 0.588. The van der Waals surface area contributed by atoms with E-state index in [4.69, 9.17) is 0 Å². The van der Waals surface area contributed by atoms with Gasteiger partial charge in [-0.05, 0) is 19.1 Å². The van der Waals surface area contributed by atoms with E-state index >= 15 is 0 Å². The third-order valence-electron chi connectivity index (χ3n) is 5.17. The largest absolute Gasteiger partial charge is 0.388 e. The van der Waals surface area contributed by atoms with Crippen molar-refractivity contribution in [3.8, 4) is 0 Å². The lowest BCUT2D eigenvalue weighted by atomic mass is 9.95. The summed E-state index contributed by atoms with van der Waals surface area (Å²) in [5.74, 6) is 0.146. The summed E-state index contributed by atoms with van der Waals surface area (Å²) in [6.07, 6.45) is 0. The van der Waals surface area contributed by atoms with Gasteiger partial charge in [-0.1, -0.05) is 19.1 Å². The van der Waals surface area contributed by atoms with Gasteiger partial charge in [0.15, 0.2) is 9.84 Å². The summed E-state index contributed by atoms with van der Waals surface area (Å²) in [4.78, 5) is 16.6. The summed E-state index contributed by atoms with van der Waals surface area (Å²) in [7, 11) is -2.97. The first kappa shape index (κ1) is 17.2. The monoisotopic (exact) mass is 352 g/mol. The summed E-state index contributed by atoms with van der Waals surface area (Å²) in [5, 5.41) is 10.3. The van der Waals surface area contributed by atoms with Crippen LogP contribution in [0.4, 0.5) is 5.69 Å². The molecule has 2 fully saturated rings. The van der Waals surface area contributed by atoms with E-state index in [9.17, 15) is 18.3 Å². The third-order valence-corrected chi connectivity index (χ3v) is 6.78. The van der Waals surface area contributed by atoms with E-state index in [1.54, 1.807) is 17.9 Å². The first-order chi connectivity index (χ1) is 11.2. The number of β-amino-alcohol motifs (C(OH)–C–C–N with tert-alkyl or cyclic N) is 1. The third kappa shape index (κ3) is 3.28. The minimum absolute atomic E-state index is 0.0220. The maximum atomic E-state index is 12.9. The Hall–Kier alpha value is -1.60. The van der Waals surface area contributed by atoms with Gasteiger partial charge in [0.1, 0.15) is 0 Å². The molecule has 2 aliphatic heterocycles. The van der Waals surface area contributed by atoms with Gasteiger partial charge in [-0.25, -0.2) is 8.42 Å². The van der Waals surface area contributed by atoms with Crippen LogP contribution in [0.25, 0.3) is 0 Å². The number of benzene rings is 1. The Kier molecular flexibility index (Phi) is 4.34. The molecule has 0 aromatic heterocycles. The number of likely N-dealkylation sites (tertiary alicyclic amines) is 1. The summed E-state index contributed by atoms with van der Waals surface area (Å²) >= 11 is 0. The summed E-state index contributed by atoms with van der Waals surface area (Å²) in [6.45, 7) is 5.34. The molecule has 6 nitrogen and oxygen atoms in total. The van der Waals surface area contributed by atoms with Gasteiger partial charge in [0.25, 0.3) is 5.91 Å². The number of nitrogens with zero attached hydrogens (tertiary/aromatic N) is 2. The molecule has 1 amide bonds. The second kappa shape index (κ2) is 6.04. The van der Waals surface area contributed by atoms with Crippen LogP contribution in [0.1, 0.15) is 24.2 Å². The van der Waals surface area contributed by atoms with Crippen molar-refractivity contribution in [3.05, 3.63) is 29.8 Å². The second-order valence-electron chi connectivity index (χ2n) is 7.10. The Labute approximate surface area is 143 Å². The first-order valence-electron chi connectivity index (χ1n) is 8.26.